The van der Waals surface area contributed by atoms with Gasteiger partial charge in [-0.05, 0) is 68.8 Å². The molecule has 1 atom stereocenters. The molecule has 0 saturated carbocycles. The maximum absolute atomic E-state index is 12.6. The van der Waals surface area contributed by atoms with E-state index < -0.39 is 17.0 Å². The van der Waals surface area contributed by atoms with E-state index in [4.69, 9.17) is 0 Å². The van der Waals surface area contributed by atoms with Crippen molar-refractivity contribution < 1.29 is 15.0 Å². The van der Waals surface area contributed by atoms with Gasteiger partial charge in [-0.15, -0.1) is 12.4 Å². The molecule has 0 radical (unpaired) electrons. The fraction of sp³-hybridized carbons (Fsp3) is 0.650. The number of hydrogen-bond acceptors (Lipinski definition) is 4. The minimum absolute atomic E-state index is 0. The number of likely N-dealkylation sites (tertiary alicyclic amines) is 1. The van der Waals surface area contributed by atoms with Gasteiger partial charge in [0, 0.05) is 0 Å². The summed E-state index contributed by atoms with van der Waals surface area (Å²) in [6.07, 6.45) is 5.18. The van der Waals surface area contributed by atoms with Crippen LogP contribution in [-0.2, 0) is 10.2 Å². The second-order valence-corrected chi connectivity index (χ2v) is 8.60. The van der Waals surface area contributed by atoms with Crippen molar-refractivity contribution >= 4 is 30.1 Å². The molecular weight excluding hydrogens is 370 g/mol. The first kappa shape index (κ1) is 21.5. The first-order chi connectivity index (χ1) is 12.1. The Kier molecular flexibility index (Phi) is 7.83. The van der Waals surface area contributed by atoms with Crippen molar-refractivity contribution in [1.82, 2.24) is 4.90 Å². The summed E-state index contributed by atoms with van der Waals surface area (Å²) in [5.41, 5.74) is -1.66. The molecule has 1 aromatic rings. The average molecular weight is 400 g/mol. The van der Waals surface area contributed by atoms with Crippen molar-refractivity contribution in [1.29, 1.82) is 0 Å². The Bertz CT molecular complexity index is 574. The lowest BCUT2D eigenvalue weighted by molar-refractivity contribution is -0.159. The van der Waals surface area contributed by atoms with Gasteiger partial charge in [0.25, 0.3) is 0 Å². The van der Waals surface area contributed by atoms with E-state index in [2.05, 4.69) is 4.90 Å². The predicted molar refractivity (Wildman–Crippen MR) is 109 cm³/mol. The molecule has 2 fully saturated rings. The molecule has 26 heavy (non-hydrogen) atoms. The molecule has 4 nitrogen and oxygen atoms in total. The molecule has 0 aliphatic carbocycles. The molecule has 1 unspecified atom stereocenters. The van der Waals surface area contributed by atoms with Crippen molar-refractivity contribution in [3.05, 3.63) is 35.9 Å². The number of hydrogen-bond donors (Lipinski definition) is 2. The van der Waals surface area contributed by atoms with Crippen molar-refractivity contribution in [2.45, 2.75) is 49.5 Å². The van der Waals surface area contributed by atoms with E-state index in [1.807, 2.05) is 30.3 Å². The molecule has 2 heterocycles. The summed E-state index contributed by atoms with van der Waals surface area (Å²) in [6, 6.07) is 9.43. The Morgan fingerprint density at radius 2 is 1.73 bits per heavy atom. The van der Waals surface area contributed by atoms with Gasteiger partial charge in [0.15, 0.2) is 0 Å². The summed E-state index contributed by atoms with van der Waals surface area (Å²) < 4.78 is 0. The van der Waals surface area contributed by atoms with Crippen molar-refractivity contribution in [3.8, 4) is 0 Å². The van der Waals surface area contributed by atoms with Gasteiger partial charge < -0.3 is 15.1 Å². The van der Waals surface area contributed by atoms with Crippen LogP contribution < -0.4 is 0 Å². The second-order valence-electron chi connectivity index (χ2n) is 7.37. The van der Waals surface area contributed by atoms with E-state index in [1.165, 1.54) is 19.3 Å². The number of aliphatic hydroxyl groups is 1. The van der Waals surface area contributed by atoms with Gasteiger partial charge in [0.2, 0.25) is 0 Å². The molecule has 2 aliphatic rings. The standard InChI is InChI=1S/C20H29NO3S.ClH/c22-18(23)20(17-7-3-1-4-8-17,19(24)10-15-25-16-11-19)9-14-21-12-5-2-6-13-21;/h1,3-4,7-8,24H,2,5-6,9-16H2,(H,22,23);1H. The van der Waals surface area contributed by atoms with Gasteiger partial charge >= 0.3 is 5.97 Å². The Morgan fingerprint density at radius 1 is 1.12 bits per heavy atom. The zero-order valence-electron chi connectivity index (χ0n) is 15.2. The van der Waals surface area contributed by atoms with Crippen molar-refractivity contribution in [3.63, 3.8) is 0 Å². The molecular formula is C20H30ClNO3S. The van der Waals surface area contributed by atoms with E-state index in [9.17, 15) is 15.0 Å². The third-order valence-electron chi connectivity index (χ3n) is 6.00. The Morgan fingerprint density at radius 3 is 2.31 bits per heavy atom. The highest BCUT2D eigenvalue weighted by molar-refractivity contribution is 7.99. The molecule has 0 aromatic heterocycles. The average Bonchev–Trinajstić information content (AvgIpc) is 2.64. The Hall–Kier alpha value is -0.750. The van der Waals surface area contributed by atoms with Crippen LogP contribution in [0.5, 0.6) is 0 Å². The lowest BCUT2D eigenvalue weighted by atomic mass is 9.62. The SMILES string of the molecule is Cl.O=C(O)C(CCN1CCCCC1)(c1ccccc1)C1(O)CCSCC1. The zero-order chi connectivity index (χ0) is 17.8. The molecule has 2 aliphatic heterocycles. The van der Waals surface area contributed by atoms with Crippen LogP contribution in [0.25, 0.3) is 0 Å². The number of halogens is 1. The van der Waals surface area contributed by atoms with E-state index in [-0.39, 0.29) is 12.4 Å². The summed E-state index contributed by atoms with van der Waals surface area (Å²) >= 11 is 1.80. The van der Waals surface area contributed by atoms with Gasteiger partial charge in [-0.25, -0.2) is 0 Å². The highest BCUT2D eigenvalue weighted by Crippen LogP contribution is 2.46. The summed E-state index contributed by atoms with van der Waals surface area (Å²) in [7, 11) is 0. The number of nitrogens with zero attached hydrogens (tertiary/aromatic N) is 1. The smallest absolute Gasteiger partial charge is 0.317 e. The highest BCUT2D eigenvalue weighted by atomic mass is 35.5. The zero-order valence-corrected chi connectivity index (χ0v) is 16.9. The molecule has 6 heteroatoms. The summed E-state index contributed by atoms with van der Waals surface area (Å²) in [4.78, 5) is 15.0. The fourth-order valence-corrected chi connectivity index (χ4v) is 5.61. The number of benzene rings is 1. The van der Waals surface area contributed by atoms with Crippen LogP contribution in [0.4, 0.5) is 0 Å². The van der Waals surface area contributed by atoms with E-state index in [0.717, 1.165) is 36.7 Å². The van der Waals surface area contributed by atoms with Crippen molar-refractivity contribution in [2.75, 3.05) is 31.1 Å². The molecule has 0 amide bonds. The lowest BCUT2D eigenvalue weighted by Gasteiger charge is -2.47. The minimum atomic E-state index is -1.23. The number of rotatable bonds is 6. The van der Waals surface area contributed by atoms with E-state index in [0.29, 0.717) is 19.3 Å². The van der Waals surface area contributed by atoms with E-state index >= 15 is 0 Å². The van der Waals surface area contributed by atoms with Crippen LogP contribution in [0.15, 0.2) is 30.3 Å². The normalized spacial score (nSPS) is 22.8. The number of thioether (sulfide) groups is 1. The molecule has 2 N–H and O–H groups in total. The largest absolute Gasteiger partial charge is 0.480 e. The predicted octanol–water partition coefficient (Wildman–Crippen LogP) is 3.56. The van der Waals surface area contributed by atoms with Crippen LogP contribution in [0.1, 0.15) is 44.1 Å². The van der Waals surface area contributed by atoms with Crippen LogP contribution in [0.3, 0.4) is 0 Å². The summed E-state index contributed by atoms with van der Waals surface area (Å²) in [5.74, 6) is 0.759. The maximum Gasteiger partial charge on any atom is 0.317 e. The molecule has 0 spiro atoms. The first-order valence-corrected chi connectivity index (χ1v) is 10.6. The molecule has 3 rings (SSSR count). The number of carbonyl (C=O) groups is 1. The van der Waals surface area contributed by atoms with Gasteiger partial charge in [0.1, 0.15) is 5.41 Å². The quantitative estimate of drug-likeness (QED) is 0.765. The number of piperidine rings is 1. The summed E-state index contributed by atoms with van der Waals surface area (Å²) in [6.45, 7) is 2.81. The van der Waals surface area contributed by atoms with Gasteiger partial charge in [-0.3, -0.25) is 4.79 Å². The number of carboxylic acids is 1. The third kappa shape index (κ3) is 4.22. The fourth-order valence-electron chi connectivity index (χ4n) is 4.44. The Balaban J connectivity index is 0.00000243. The number of aliphatic carboxylic acids is 1. The summed E-state index contributed by atoms with van der Waals surface area (Å²) in [5, 5.41) is 21.9. The van der Waals surface area contributed by atoms with Gasteiger partial charge in [0.05, 0.1) is 5.60 Å². The maximum atomic E-state index is 12.6. The van der Waals surface area contributed by atoms with Crippen LogP contribution in [0.2, 0.25) is 0 Å². The van der Waals surface area contributed by atoms with Crippen molar-refractivity contribution in [2.24, 2.45) is 0 Å². The minimum Gasteiger partial charge on any atom is -0.480 e. The van der Waals surface area contributed by atoms with Gasteiger partial charge in [-0.2, -0.15) is 11.8 Å². The molecule has 0 bridgehead atoms. The van der Waals surface area contributed by atoms with Gasteiger partial charge in [-0.1, -0.05) is 36.8 Å². The third-order valence-corrected chi connectivity index (χ3v) is 6.98. The lowest BCUT2D eigenvalue weighted by Crippen LogP contribution is -2.59. The molecule has 1 aromatic carbocycles. The van der Waals surface area contributed by atoms with Crippen LogP contribution in [-0.4, -0.2) is 57.8 Å². The Labute approximate surface area is 166 Å². The van der Waals surface area contributed by atoms with E-state index in [1.54, 1.807) is 11.8 Å². The first-order valence-electron chi connectivity index (χ1n) is 9.40. The monoisotopic (exact) mass is 399 g/mol. The highest BCUT2D eigenvalue weighted by Gasteiger charge is 2.57. The second kappa shape index (κ2) is 9.45. The number of carboxylic acid groups (broad SMARTS) is 1. The van der Waals surface area contributed by atoms with Crippen LogP contribution >= 0.6 is 24.2 Å². The van der Waals surface area contributed by atoms with Crippen LogP contribution in [0, 0.1) is 0 Å². The molecule has 2 saturated heterocycles. The topological polar surface area (TPSA) is 60.8 Å². The molecule has 146 valence electrons.